The van der Waals surface area contributed by atoms with Gasteiger partial charge in [-0.15, -0.1) is 0 Å². The number of morpholine rings is 1. The average molecular weight is 502 g/mol. The van der Waals surface area contributed by atoms with Crippen LogP contribution in [0.25, 0.3) is 22.6 Å². The van der Waals surface area contributed by atoms with E-state index in [9.17, 15) is 4.79 Å². The molecular formula is C26H31N9O2. The Morgan fingerprint density at radius 1 is 1.08 bits per heavy atom. The number of aryl methyl sites for hydroxylation is 2. The molecule has 11 heteroatoms. The van der Waals surface area contributed by atoms with E-state index in [2.05, 4.69) is 46.1 Å². The summed E-state index contributed by atoms with van der Waals surface area (Å²) < 4.78 is 7.57. The molecule has 0 aliphatic carbocycles. The Kier molecular flexibility index (Phi) is 6.95. The number of aromatic nitrogens is 6. The van der Waals surface area contributed by atoms with E-state index in [4.69, 9.17) is 25.4 Å². The van der Waals surface area contributed by atoms with Gasteiger partial charge in [-0.3, -0.25) is 4.79 Å². The highest BCUT2D eigenvalue weighted by molar-refractivity contribution is 5.92. The molecule has 0 bridgehead atoms. The van der Waals surface area contributed by atoms with Gasteiger partial charge in [-0.2, -0.15) is 0 Å². The molecule has 1 aliphatic heterocycles. The van der Waals surface area contributed by atoms with Crippen molar-refractivity contribution in [1.82, 2.24) is 29.5 Å². The van der Waals surface area contributed by atoms with Gasteiger partial charge in [-0.1, -0.05) is 37.6 Å². The molecule has 2 N–H and O–H groups in total. The van der Waals surface area contributed by atoms with Crippen molar-refractivity contribution in [2.75, 3.05) is 43.2 Å². The van der Waals surface area contributed by atoms with Gasteiger partial charge >= 0.3 is 0 Å². The topological polar surface area (TPSA) is 128 Å². The third-order valence-electron chi connectivity index (χ3n) is 6.50. The number of ether oxygens (including phenoxy) is 1. The molecule has 11 nitrogen and oxygen atoms in total. The van der Waals surface area contributed by atoms with Crippen LogP contribution in [0.15, 0.2) is 36.7 Å². The van der Waals surface area contributed by atoms with E-state index >= 15 is 0 Å². The number of nitrogens with two attached hydrogens (primary N) is 1. The molecule has 0 spiro atoms. The van der Waals surface area contributed by atoms with E-state index in [0.717, 1.165) is 54.3 Å². The van der Waals surface area contributed by atoms with E-state index in [0.29, 0.717) is 31.5 Å². The Morgan fingerprint density at radius 2 is 1.78 bits per heavy atom. The van der Waals surface area contributed by atoms with E-state index in [-0.39, 0.29) is 5.56 Å². The number of amides is 1. The number of fused-ring (bicyclic) bond motifs is 1. The van der Waals surface area contributed by atoms with Crippen molar-refractivity contribution >= 4 is 28.8 Å². The molecule has 1 fully saturated rings. The van der Waals surface area contributed by atoms with Gasteiger partial charge in [0.2, 0.25) is 5.95 Å². The predicted molar refractivity (Wildman–Crippen MR) is 141 cm³/mol. The number of anilines is 2. The van der Waals surface area contributed by atoms with E-state index in [1.807, 2.05) is 23.6 Å². The number of nitrogens with zero attached hydrogens (tertiary/aromatic N) is 8. The van der Waals surface area contributed by atoms with Crippen LogP contribution in [-0.2, 0) is 24.8 Å². The molecule has 5 rings (SSSR count). The maximum atomic E-state index is 11.3. The molecular weight excluding hydrogens is 470 g/mol. The second-order valence-corrected chi connectivity index (χ2v) is 9.17. The number of carbonyl (C=O) groups is 1. The van der Waals surface area contributed by atoms with Crippen molar-refractivity contribution in [1.29, 1.82) is 0 Å². The number of primary amides is 1. The van der Waals surface area contributed by atoms with E-state index < -0.39 is 5.91 Å². The third-order valence-corrected chi connectivity index (χ3v) is 6.50. The van der Waals surface area contributed by atoms with Gasteiger partial charge < -0.3 is 24.8 Å². The lowest BCUT2D eigenvalue weighted by Crippen LogP contribution is -2.37. The van der Waals surface area contributed by atoms with Crippen LogP contribution in [0.2, 0.25) is 0 Å². The Balaban J connectivity index is 1.52. The fraction of sp³-hybridized carbons (Fsp3) is 0.385. The average Bonchev–Trinajstić information content (AvgIpc) is 3.24. The number of hydrogen-bond donors (Lipinski definition) is 1. The predicted octanol–water partition coefficient (Wildman–Crippen LogP) is 2.34. The molecule has 1 amide bonds. The minimum Gasteiger partial charge on any atom is -0.378 e. The molecule has 0 atom stereocenters. The summed E-state index contributed by atoms with van der Waals surface area (Å²) in [5.41, 5.74) is 9.36. The van der Waals surface area contributed by atoms with Gasteiger partial charge in [-0.25, -0.2) is 24.9 Å². The van der Waals surface area contributed by atoms with Crippen molar-refractivity contribution in [3.63, 3.8) is 0 Å². The van der Waals surface area contributed by atoms with E-state index in [1.54, 1.807) is 0 Å². The summed E-state index contributed by atoms with van der Waals surface area (Å²) in [5.74, 6) is 2.18. The highest BCUT2D eigenvalue weighted by Crippen LogP contribution is 2.29. The first kappa shape index (κ1) is 24.6. The molecule has 0 saturated carbocycles. The summed E-state index contributed by atoms with van der Waals surface area (Å²) in [6.45, 7) is 5.40. The van der Waals surface area contributed by atoms with Crippen LogP contribution in [-0.4, -0.2) is 68.7 Å². The molecule has 1 saturated heterocycles. The van der Waals surface area contributed by atoms with Crippen molar-refractivity contribution in [2.45, 2.75) is 26.3 Å². The first-order valence-corrected chi connectivity index (χ1v) is 12.4. The lowest BCUT2D eigenvalue weighted by Gasteiger charge is -2.28. The molecule has 4 aromatic rings. The smallest absolute Gasteiger partial charge is 0.251 e. The number of imidazole rings is 1. The van der Waals surface area contributed by atoms with Crippen molar-refractivity contribution in [3.8, 4) is 11.4 Å². The fourth-order valence-electron chi connectivity index (χ4n) is 4.40. The molecule has 4 heterocycles. The van der Waals surface area contributed by atoms with Gasteiger partial charge in [0.05, 0.1) is 25.3 Å². The van der Waals surface area contributed by atoms with Gasteiger partial charge in [0.25, 0.3) is 5.91 Å². The maximum Gasteiger partial charge on any atom is 0.251 e. The SMILES string of the molecule is CCCc1ccc(-c2nc(N3CCOCC3)c3nc(CN(C)c4ncc(C(N)=O)cn4)n(C)c3n2)cc1. The van der Waals surface area contributed by atoms with Crippen molar-refractivity contribution in [3.05, 3.63) is 53.6 Å². The minimum absolute atomic E-state index is 0.264. The zero-order valence-electron chi connectivity index (χ0n) is 21.4. The number of carbonyl (C=O) groups excluding carboxylic acids is 1. The van der Waals surface area contributed by atoms with Crippen LogP contribution in [0, 0.1) is 0 Å². The first-order chi connectivity index (χ1) is 17.9. The molecule has 1 aliphatic rings. The standard InChI is InChI=1S/C26H31N9O2/c1-4-5-17-6-8-18(9-7-17)23-31-24-21(25(32-23)35-10-12-37-13-11-35)30-20(34(24)3)16-33(2)26-28-14-19(15-29-26)22(27)36/h6-9,14-15H,4-5,10-13,16H2,1-3H3,(H2,27,36). The molecule has 1 aromatic carbocycles. The Morgan fingerprint density at radius 3 is 2.43 bits per heavy atom. The summed E-state index contributed by atoms with van der Waals surface area (Å²) >= 11 is 0. The van der Waals surface area contributed by atoms with Crippen LogP contribution in [0.1, 0.15) is 35.1 Å². The second kappa shape index (κ2) is 10.5. The second-order valence-electron chi connectivity index (χ2n) is 9.17. The lowest BCUT2D eigenvalue weighted by atomic mass is 10.1. The highest BCUT2D eigenvalue weighted by atomic mass is 16.5. The fourth-order valence-corrected chi connectivity index (χ4v) is 4.40. The van der Waals surface area contributed by atoms with Crippen molar-refractivity contribution in [2.24, 2.45) is 12.8 Å². The Labute approximate surface area is 215 Å². The largest absolute Gasteiger partial charge is 0.378 e. The summed E-state index contributed by atoms with van der Waals surface area (Å²) in [7, 11) is 3.83. The van der Waals surface area contributed by atoms with Crippen LogP contribution >= 0.6 is 0 Å². The van der Waals surface area contributed by atoms with Crippen LogP contribution in [0.3, 0.4) is 0 Å². The zero-order valence-corrected chi connectivity index (χ0v) is 21.4. The van der Waals surface area contributed by atoms with Gasteiger partial charge in [0.1, 0.15) is 5.82 Å². The molecule has 0 radical (unpaired) electrons. The molecule has 3 aromatic heterocycles. The van der Waals surface area contributed by atoms with Crippen LogP contribution in [0.4, 0.5) is 11.8 Å². The minimum atomic E-state index is -0.561. The first-order valence-electron chi connectivity index (χ1n) is 12.4. The quantitative estimate of drug-likeness (QED) is 0.387. The highest BCUT2D eigenvalue weighted by Gasteiger charge is 2.23. The summed E-state index contributed by atoms with van der Waals surface area (Å²) in [4.78, 5) is 38.9. The Hall–Kier alpha value is -4.12. The van der Waals surface area contributed by atoms with Gasteiger partial charge in [0, 0.05) is 45.1 Å². The van der Waals surface area contributed by atoms with Crippen LogP contribution in [0.5, 0.6) is 0 Å². The summed E-state index contributed by atoms with van der Waals surface area (Å²) in [5, 5.41) is 0. The molecule has 37 heavy (non-hydrogen) atoms. The zero-order chi connectivity index (χ0) is 25.9. The summed E-state index contributed by atoms with van der Waals surface area (Å²) in [6.07, 6.45) is 5.01. The Bertz CT molecular complexity index is 1390. The monoisotopic (exact) mass is 501 g/mol. The van der Waals surface area contributed by atoms with E-state index in [1.165, 1.54) is 18.0 Å². The maximum absolute atomic E-state index is 11.3. The number of benzene rings is 1. The van der Waals surface area contributed by atoms with Crippen LogP contribution < -0.4 is 15.5 Å². The lowest BCUT2D eigenvalue weighted by molar-refractivity contribution is 0.0999. The molecule has 0 unspecified atom stereocenters. The van der Waals surface area contributed by atoms with Gasteiger partial charge in [-0.05, 0) is 12.0 Å². The summed E-state index contributed by atoms with van der Waals surface area (Å²) in [6, 6.07) is 8.47. The number of rotatable bonds is 8. The molecule has 192 valence electrons. The van der Waals surface area contributed by atoms with Crippen molar-refractivity contribution < 1.29 is 9.53 Å². The normalized spacial score (nSPS) is 13.8. The third kappa shape index (κ3) is 5.08. The number of hydrogen-bond acceptors (Lipinski definition) is 9. The van der Waals surface area contributed by atoms with Gasteiger partial charge in [0.15, 0.2) is 22.8 Å².